The van der Waals surface area contributed by atoms with Gasteiger partial charge in [-0.25, -0.2) is 0 Å². The molecule has 0 saturated carbocycles. The van der Waals surface area contributed by atoms with Crippen LogP contribution < -0.4 is 10.9 Å². The molecular weight excluding hydrogens is 252 g/mol. The fourth-order valence-corrected chi connectivity index (χ4v) is 2.18. The molecule has 4 nitrogen and oxygen atoms in total. The Bertz CT molecular complexity index is 661. The topological polar surface area (TPSA) is 51.1 Å². The lowest BCUT2D eigenvalue weighted by atomic mass is 10.0. The lowest BCUT2D eigenvalue weighted by molar-refractivity contribution is -0.122. The minimum absolute atomic E-state index is 0.0376. The highest BCUT2D eigenvalue weighted by molar-refractivity contribution is 5.76. The third kappa shape index (κ3) is 3.35. The molecule has 1 amide bonds. The number of hydrogen-bond donors (Lipinski definition) is 1. The number of rotatable bonds is 4. The molecule has 1 aromatic heterocycles. The van der Waals surface area contributed by atoms with E-state index in [4.69, 9.17) is 0 Å². The van der Waals surface area contributed by atoms with Crippen LogP contribution in [0, 0.1) is 6.92 Å². The molecule has 1 aromatic carbocycles. The van der Waals surface area contributed by atoms with Gasteiger partial charge in [0.05, 0.1) is 6.04 Å². The van der Waals surface area contributed by atoms with Gasteiger partial charge in [0.1, 0.15) is 6.54 Å². The first-order chi connectivity index (χ1) is 9.58. The van der Waals surface area contributed by atoms with E-state index in [1.165, 1.54) is 10.6 Å². The molecule has 1 N–H and O–H groups in total. The SMILES string of the molecule is Cc1ccccc1[C@@H](C)NC(=O)Cn1ccccc1=O. The van der Waals surface area contributed by atoms with Crippen molar-refractivity contribution in [3.8, 4) is 0 Å². The number of carbonyl (C=O) groups excluding carboxylic acids is 1. The maximum atomic E-state index is 12.0. The van der Waals surface area contributed by atoms with E-state index in [1.54, 1.807) is 18.3 Å². The standard InChI is InChI=1S/C16H18N2O2/c1-12-7-3-4-8-14(12)13(2)17-15(19)11-18-10-6-5-9-16(18)20/h3-10,13H,11H2,1-2H3,(H,17,19)/t13-/m1/s1. The van der Waals surface area contributed by atoms with Crippen molar-refractivity contribution in [3.05, 3.63) is 70.1 Å². The number of carbonyl (C=O) groups is 1. The third-order valence-electron chi connectivity index (χ3n) is 3.25. The van der Waals surface area contributed by atoms with Crippen LogP contribution in [0.25, 0.3) is 0 Å². The van der Waals surface area contributed by atoms with Crippen molar-refractivity contribution in [2.75, 3.05) is 0 Å². The third-order valence-corrected chi connectivity index (χ3v) is 3.25. The summed E-state index contributed by atoms with van der Waals surface area (Å²) in [6.07, 6.45) is 1.61. The zero-order valence-electron chi connectivity index (χ0n) is 11.7. The van der Waals surface area contributed by atoms with Crippen molar-refractivity contribution in [1.82, 2.24) is 9.88 Å². The number of amides is 1. The molecule has 0 saturated heterocycles. The van der Waals surface area contributed by atoms with Crippen molar-refractivity contribution in [2.45, 2.75) is 26.4 Å². The summed E-state index contributed by atoms with van der Waals surface area (Å²) in [4.78, 5) is 23.5. The fraction of sp³-hybridized carbons (Fsp3) is 0.250. The summed E-state index contributed by atoms with van der Waals surface area (Å²) < 4.78 is 1.39. The summed E-state index contributed by atoms with van der Waals surface area (Å²) in [5.41, 5.74) is 2.05. The van der Waals surface area contributed by atoms with Crippen LogP contribution in [0.4, 0.5) is 0 Å². The number of nitrogens with one attached hydrogen (secondary N) is 1. The molecule has 0 bridgehead atoms. The van der Waals surface area contributed by atoms with Crippen LogP contribution in [0.3, 0.4) is 0 Å². The van der Waals surface area contributed by atoms with Crippen LogP contribution in [-0.2, 0) is 11.3 Å². The summed E-state index contributed by atoms with van der Waals surface area (Å²) in [7, 11) is 0. The Labute approximate surface area is 118 Å². The minimum atomic E-state index is -0.175. The largest absolute Gasteiger partial charge is 0.348 e. The van der Waals surface area contributed by atoms with Crippen LogP contribution in [0.1, 0.15) is 24.1 Å². The number of benzene rings is 1. The summed E-state index contributed by atoms with van der Waals surface area (Å²) >= 11 is 0. The van der Waals surface area contributed by atoms with Crippen molar-refractivity contribution in [3.63, 3.8) is 0 Å². The van der Waals surface area contributed by atoms with E-state index >= 15 is 0 Å². The van der Waals surface area contributed by atoms with E-state index < -0.39 is 0 Å². The Morgan fingerprint density at radius 1 is 1.20 bits per heavy atom. The highest BCUT2D eigenvalue weighted by Crippen LogP contribution is 2.16. The molecule has 4 heteroatoms. The highest BCUT2D eigenvalue weighted by atomic mass is 16.2. The lowest BCUT2D eigenvalue weighted by Gasteiger charge is -2.17. The summed E-state index contributed by atoms with van der Waals surface area (Å²) in [6.45, 7) is 3.99. The Hall–Kier alpha value is -2.36. The van der Waals surface area contributed by atoms with Gasteiger partial charge in [-0.2, -0.15) is 0 Å². The number of nitrogens with zero attached hydrogens (tertiary/aromatic N) is 1. The molecule has 0 spiro atoms. The molecule has 20 heavy (non-hydrogen) atoms. The van der Waals surface area contributed by atoms with Crippen LogP contribution in [-0.4, -0.2) is 10.5 Å². The second-order valence-electron chi connectivity index (χ2n) is 4.81. The van der Waals surface area contributed by atoms with Crippen molar-refractivity contribution < 1.29 is 4.79 Å². The number of aryl methyl sites for hydroxylation is 1. The second-order valence-corrected chi connectivity index (χ2v) is 4.81. The molecule has 2 aromatic rings. The Kier molecular flexibility index (Phi) is 4.35. The van der Waals surface area contributed by atoms with E-state index in [-0.39, 0.29) is 24.1 Å². The van der Waals surface area contributed by atoms with Gasteiger partial charge < -0.3 is 9.88 Å². The van der Waals surface area contributed by atoms with E-state index in [0.29, 0.717) is 0 Å². The van der Waals surface area contributed by atoms with E-state index in [0.717, 1.165) is 11.1 Å². The number of pyridine rings is 1. The van der Waals surface area contributed by atoms with Crippen LogP contribution in [0.2, 0.25) is 0 Å². The quantitative estimate of drug-likeness (QED) is 0.924. The average Bonchev–Trinajstić information content (AvgIpc) is 2.41. The van der Waals surface area contributed by atoms with Crippen LogP contribution in [0.5, 0.6) is 0 Å². The Morgan fingerprint density at radius 3 is 2.60 bits per heavy atom. The maximum absolute atomic E-state index is 12.0. The second kappa shape index (κ2) is 6.19. The van der Waals surface area contributed by atoms with Crippen molar-refractivity contribution in [2.24, 2.45) is 0 Å². The molecule has 0 aliphatic rings. The van der Waals surface area contributed by atoms with E-state index in [2.05, 4.69) is 5.32 Å². The molecule has 0 aliphatic heterocycles. The number of hydrogen-bond acceptors (Lipinski definition) is 2. The lowest BCUT2D eigenvalue weighted by Crippen LogP contribution is -2.33. The van der Waals surface area contributed by atoms with Crippen LogP contribution in [0.15, 0.2) is 53.5 Å². The first-order valence-electron chi connectivity index (χ1n) is 6.58. The first-order valence-corrected chi connectivity index (χ1v) is 6.58. The highest BCUT2D eigenvalue weighted by Gasteiger charge is 2.11. The Balaban J connectivity index is 2.04. The predicted octanol–water partition coefficient (Wildman–Crippen LogP) is 2.03. The maximum Gasteiger partial charge on any atom is 0.250 e. The van der Waals surface area contributed by atoms with Gasteiger partial charge in [-0.3, -0.25) is 9.59 Å². The minimum Gasteiger partial charge on any atom is -0.348 e. The van der Waals surface area contributed by atoms with Gasteiger partial charge in [-0.1, -0.05) is 30.3 Å². The number of aromatic nitrogens is 1. The summed E-state index contributed by atoms with van der Waals surface area (Å²) in [5.74, 6) is -0.172. The molecule has 0 unspecified atom stereocenters. The Morgan fingerprint density at radius 2 is 1.90 bits per heavy atom. The van der Waals surface area contributed by atoms with Gasteiger partial charge >= 0.3 is 0 Å². The molecular formula is C16H18N2O2. The molecule has 104 valence electrons. The first kappa shape index (κ1) is 14.1. The monoisotopic (exact) mass is 270 g/mol. The van der Waals surface area contributed by atoms with Gasteiger partial charge in [-0.05, 0) is 31.0 Å². The van der Waals surface area contributed by atoms with Gasteiger partial charge in [-0.15, -0.1) is 0 Å². The molecule has 0 fully saturated rings. The van der Waals surface area contributed by atoms with E-state index in [9.17, 15) is 9.59 Å². The molecule has 2 rings (SSSR count). The predicted molar refractivity (Wildman–Crippen MR) is 78.4 cm³/mol. The fourth-order valence-electron chi connectivity index (χ4n) is 2.18. The molecule has 1 heterocycles. The molecule has 0 radical (unpaired) electrons. The zero-order valence-corrected chi connectivity index (χ0v) is 11.7. The van der Waals surface area contributed by atoms with Crippen molar-refractivity contribution >= 4 is 5.91 Å². The molecule has 1 atom stereocenters. The van der Waals surface area contributed by atoms with Gasteiger partial charge in [0.2, 0.25) is 5.91 Å². The summed E-state index contributed by atoms with van der Waals surface area (Å²) in [5, 5.41) is 2.91. The van der Waals surface area contributed by atoms with Gasteiger partial charge in [0, 0.05) is 12.3 Å². The molecule has 0 aliphatic carbocycles. The van der Waals surface area contributed by atoms with Crippen molar-refractivity contribution in [1.29, 1.82) is 0 Å². The van der Waals surface area contributed by atoms with Gasteiger partial charge in [0.15, 0.2) is 0 Å². The van der Waals surface area contributed by atoms with Gasteiger partial charge in [0.25, 0.3) is 5.56 Å². The average molecular weight is 270 g/mol. The smallest absolute Gasteiger partial charge is 0.250 e. The summed E-state index contributed by atoms with van der Waals surface area (Å²) in [6, 6.07) is 12.7. The van der Waals surface area contributed by atoms with E-state index in [1.807, 2.05) is 38.1 Å². The normalized spacial score (nSPS) is 11.9. The zero-order chi connectivity index (χ0) is 14.5. The van der Waals surface area contributed by atoms with Crippen LogP contribution >= 0.6 is 0 Å².